The van der Waals surface area contributed by atoms with Crippen molar-refractivity contribution in [2.75, 3.05) is 0 Å². The number of rotatable bonds is 2. The fourth-order valence-corrected chi connectivity index (χ4v) is 3.15. The Bertz CT molecular complexity index is 607. The van der Waals surface area contributed by atoms with Crippen LogP contribution >= 0.6 is 0 Å². The fraction of sp³-hybridized carbons (Fsp3) is 0.500. The average molecular weight is 271 g/mol. The van der Waals surface area contributed by atoms with Crippen molar-refractivity contribution in [1.29, 1.82) is 0 Å². The summed E-state index contributed by atoms with van der Waals surface area (Å²) in [4.78, 5) is 4.57. The van der Waals surface area contributed by atoms with E-state index in [0.29, 0.717) is 17.6 Å². The first-order chi connectivity index (χ1) is 9.58. The molecule has 0 aliphatic heterocycles. The van der Waals surface area contributed by atoms with Gasteiger partial charge < -0.3 is 10.3 Å². The highest BCUT2D eigenvalue weighted by Gasteiger charge is 2.37. The number of nitrogens with two attached hydrogens (primary N) is 1. The van der Waals surface area contributed by atoms with Crippen LogP contribution in [0.5, 0.6) is 0 Å². The summed E-state index contributed by atoms with van der Waals surface area (Å²) in [7, 11) is 0. The van der Waals surface area contributed by atoms with Crippen molar-refractivity contribution >= 4 is 0 Å². The SMILES string of the molecule is Cc1ccccc1-c1noc(C2(N)CCCC(C)C2)n1. The summed E-state index contributed by atoms with van der Waals surface area (Å²) >= 11 is 0. The number of hydrogen-bond acceptors (Lipinski definition) is 4. The maximum atomic E-state index is 6.50. The van der Waals surface area contributed by atoms with E-state index in [2.05, 4.69) is 17.1 Å². The third-order valence-electron chi connectivity index (χ3n) is 4.27. The molecule has 0 spiro atoms. The molecule has 3 rings (SSSR count). The van der Waals surface area contributed by atoms with Gasteiger partial charge in [-0.05, 0) is 31.2 Å². The largest absolute Gasteiger partial charge is 0.337 e. The first-order valence-electron chi connectivity index (χ1n) is 7.27. The van der Waals surface area contributed by atoms with Crippen molar-refractivity contribution in [3.8, 4) is 11.4 Å². The normalized spacial score (nSPS) is 26.6. The van der Waals surface area contributed by atoms with Gasteiger partial charge in [-0.3, -0.25) is 0 Å². The van der Waals surface area contributed by atoms with Crippen LogP contribution in [0.1, 0.15) is 44.1 Å². The second kappa shape index (κ2) is 5.02. The van der Waals surface area contributed by atoms with Crippen LogP contribution < -0.4 is 5.73 Å². The number of benzene rings is 1. The van der Waals surface area contributed by atoms with Gasteiger partial charge in [-0.25, -0.2) is 0 Å². The second-order valence-corrected chi connectivity index (χ2v) is 6.10. The van der Waals surface area contributed by atoms with E-state index < -0.39 is 5.54 Å². The summed E-state index contributed by atoms with van der Waals surface area (Å²) in [6.45, 7) is 4.28. The summed E-state index contributed by atoms with van der Waals surface area (Å²) in [5.74, 6) is 1.84. The molecule has 0 saturated heterocycles. The Morgan fingerprint density at radius 1 is 1.35 bits per heavy atom. The van der Waals surface area contributed by atoms with E-state index in [1.165, 1.54) is 6.42 Å². The molecule has 4 heteroatoms. The molecule has 2 atom stereocenters. The number of nitrogens with zero attached hydrogens (tertiary/aromatic N) is 2. The number of aromatic nitrogens is 2. The van der Waals surface area contributed by atoms with Crippen LogP contribution in [0.15, 0.2) is 28.8 Å². The monoisotopic (exact) mass is 271 g/mol. The highest BCUT2D eigenvalue weighted by atomic mass is 16.5. The molecule has 0 bridgehead atoms. The Balaban J connectivity index is 1.92. The van der Waals surface area contributed by atoms with E-state index in [1.54, 1.807) is 0 Å². The minimum atomic E-state index is -0.453. The Labute approximate surface area is 119 Å². The van der Waals surface area contributed by atoms with Gasteiger partial charge in [0.25, 0.3) is 0 Å². The van der Waals surface area contributed by atoms with Gasteiger partial charge in [0, 0.05) is 5.56 Å². The Morgan fingerprint density at radius 3 is 2.90 bits per heavy atom. The average Bonchev–Trinajstić information content (AvgIpc) is 2.89. The molecule has 20 heavy (non-hydrogen) atoms. The third kappa shape index (κ3) is 2.36. The van der Waals surface area contributed by atoms with Crippen LogP contribution in [0.25, 0.3) is 11.4 Å². The fourth-order valence-electron chi connectivity index (χ4n) is 3.15. The van der Waals surface area contributed by atoms with E-state index in [0.717, 1.165) is 30.4 Å². The van der Waals surface area contributed by atoms with Gasteiger partial charge in [-0.15, -0.1) is 0 Å². The molecule has 0 amide bonds. The third-order valence-corrected chi connectivity index (χ3v) is 4.27. The van der Waals surface area contributed by atoms with Gasteiger partial charge in [0.15, 0.2) is 0 Å². The lowest BCUT2D eigenvalue weighted by atomic mass is 9.77. The molecule has 2 unspecified atom stereocenters. The molecule has 2 N–H and O–H groups in total. The summed E-state index contributed by atoms with van der Waals surface area (Å²) in [6.07, 6.45) is 4.20. The maximum Gasteiger partial charge on any atom is 0.247 e. The molecule has 4 nitrogen and oxygen atoms in total. The Hall–Kier alpha value is -1.68. The van der Waals surface area contributed by atoms with E-state index >= 15 is 0 Å². The molecule has 1 aliphatic carbocycles. The molecule has 106 valence electrons. The summed E-state index contributed by atoms with van der Waals surface area (Å²) in [6, 6.07) is 8.05. The smallest absolute Gasteiger partial charge is 0.247 e. The lowest BCUT2D eigenvalue weighted by Crippen LogP contribution is -2.41. The molecule has 1 aliphatic rings. The molecule has 1 aromatic heterocycles. The molecule has 1 fully saturated rings. The highest BCUT2D eigenvalue weighted by molar-refractivity contribution is 5.59. The first-order valence-corrected chi connectivity index (χ1v) is 7.27. The van der Waals surface area contributed by atoms with Crippen LogP contribution in [0, 0.1) is 12.8 Å². The summed E-state index contributed by atoms with van der Waals surface area (Å²) < 4.78 is 5.48. The lowest BCUT2D eigenvalue weighted by Gasteiger charge is -2.33. The summed E-state index contributed by atoms with van der Waals surface area (Å²) in [5, 5.41) is 4.13. The van der Waals surface area contributed by atoms with Crippen LogP contribution in [-0.4, -0.2) is 10.1 Å². The lowest BCUT2D eigenvalue weighted by molar-refractivity contribution is 0.183. The second-order valence-electron chi connectivity index (χ2n) is 6.10. The molecular formula is C16H21N3O. The predicted octanol–water partition coefficient (Wildman–Crippen LogP) is 3.41. The molecular weight excluding hydrogens is 250 g/mol. The van der Waals surface area contributed by atoms with Gasteiger partial charge >= 0.3 is 0 Å². The van der Waals surface area contributed by atoms with Gasteiger partial charge in [-0.1, -0.05) is 49.2 Å². The molecule has 1 heterocycles. The zero-order valence-electron chi connectivity index (χ0n) is 12.1. The van der Waals surface area contributed by atoms with Gasteiger partial charge in [-0.2, -0.15) is 4.98 Å². The van der Waals surface area contributed by atoms with Crippen LogP contribution in [0.2, 0.25) is 0 Å². The highest BCUT2D eigenvalue weighted by Crippen LogP contribution is 2.37. The number of aryl methyl sites for hydroxylation is 1. The van der Waals surface area contributed by atoms with Crippen molar-refractivity contribution in [3.05, 3.63) is 35.7 Å². The topological polar surface area (TPSA) is 64.9 Å². The number of hydrogen-bond donors (Lipinski definition) is 1. The van der Waals surface area contributed by atoms with E-state index in [9.17, 15) is 0 Å². The van der Waals surface area contributed by atoms with E-state index in [1.807, 2.05) is 31.2 Å². The van der Waals surface area contributed by atoms with Crippen molar-refractivity contribution < 1.29 is 4.52 Å². The van der Waals surface area contributed by atoms with Crippen molar-refractivity contribution in [2.45, 2.75) is 45.1 Å². The van der Waals surface area contributed by atoms with Crippen LogP contribution in [0.3, 0.4) is 0 Å². The van der Waals surface area contributed by atoms with E-state index in [4.69, 9.17) is 10.3 Å². The first kappa shape index (κ1) is 13.3. The standard InChI is InChI=1S/C16H21N3O/c1-11-6-5-9-16(17,10-11)15-18-14(19-20-15)13-8-4-3-7-12(13)2/h3-4,7-8,11H,5-6,9-10,17H2,1-2H3. The van der Waals surface area contributed by atoms with Crippen molar-refractivity contribution in [1.82, 2.24) is 10.1 Å². The quantitative estimate of drug-likeness (QED) is 0.909. The van der Waals surface area contributed by atoms with Crippen molar-refractivity contribution in [3.63, 3.8) is 0 Å². The predicted molar refractivity (Wildman–Crippen MR) is 78.0 cm³/mol. The van der Waals surface area contributed by atoms with E-state index in [-0.39, 0.29) is 0 Å². The molecule has 0 radical (unpaired) electrons. The zero-order valence-corrected chi connectivity index (χ0v) is 12.1. The Morgan fingerprint density at radius 2 is 2.15 bits per heavy atom. The minimum absolute atomic E-state index is 0.453. The Kier molecular flexibility index (Phi) is 3.34. The van der Waals surface area contributed by atoms with Crippen LogP contribution in [0.4, 0.5) is 0 Å². The van der Waals surface area contributed by atoms with Crippen LogP contribution in [-0.2, 0) is 5.54 Å². The molecule has 1 aromatic carbocycles. The van der Waals surface area contributed by atoms with Gasteiger partial charge in [0.2, 0.25) is 11.7 Å². The molecule has 2 aromatic rings. The zero-order chi connectivity index (χ0) is 14.2. The van der Waals surface area contributed by atoms with Gasteiger partial charge in [0.05, 0.1) is 5.54 Å². The molecule has 1 saturated carbocycles. The summed E-state index contributed by atoms with van der Waals surface area (Å²) in [5.41, 5.74) is 8.20. The van der Waals surface area contributed by atoms with Crippen molar-refractivity contribution in [2.24, 2.45) is 11.7 Å². The maximum absolute atomic E-state index is 6.50. The van der Waals surface area contributed by atoms with Gasteiger partial charge in [0.1, 0.15) is 0 Å². The minimum Gasteiger partial charge on any atom is -0.337 e.